The second-order valence-corrected chi connectivity index (χ2v) is 3.23. The second-order valence-electron chi connectivity index (χ2n) is 3.23. The number of hydrogen-bond donors (Lipinski definition) is 0. The Labute approximate surface area is 68.2 Å². The highest BCUT2D eigenvalue weighted by atomic mass is 16.7. The van der Waals surface area contributed by atoms with Crippen molar-refractivity contribution in [2.24, 2.45) is 5.41 Å². The van der Waals surface area contributed by atoms with E-state index >= 15 is 0 Å². The summed E-state index contributed by atoms with van der Waals surface area (Å²) >= 11 is 0. The van der Waals surface area contributed by atoms with Crippen LogP contribution in [-0.2, 0) is 9.47 Å². The molecule has 0 spiro atoms. The molecular formula is C9H16O2. The van der Waals surface area contributed by atoms with Crippen LogP contribution in [0.1, 0.15) is 20.3 Å². The van der Waals surface area contributed by atoms with Crippen LogP contribution < -0.4 is 0 Å². The van der Waals surface area contributed by atoms with Crippen LogP contribution >= 0.6 is 0 Å². The van der Waals surface area contributed by atoms with Gasteiger partial charge in [-0.05, 0) is 13.3 Å². The Hall–Kier alpha value is -0.340. The van der Waals surface area contributed by atoms with Crippen molar-refractivity contribution in [1.82, 2.24) is 0 Å². The monoisotopic (exact) mass is 156 g/mol. The lowest BCUT2D eigenvalue weighted by molar-refractivity contribution is -0.153. The third-order valence-corrected chi connectivity index (χ3v) is 2.51. The van der Waals surface area contributed by atoms with Gasteiger partial charge in [-0.3, -0.25) is 0 Å². The van der Waals surface area contributed by atoms with Crippen molar-refractivity contribution >= 4 is 0 Å². The van der Waals surface area contributed by atoms with Gasteiger partial charge < -0.3 is 9.47 Å². The van der Waals surface area contributed by atoms with Gasteiger partial charge in [0.15, 0.2) is 0 Å². The zero-order chi connectivity index (χ0) is 8.32. The number of hydrogen-bond acceptors (Lipinski definition) is 2. The minimum absolute atomic E-state index is 0.0816. The molecule has 2 heteroatoms. The van der Waals surface area contributed by atoms with E-state index in [2.05, 4.69) is 13.5 Å². The predicted octanol–water partition coefficient (Wildman–Crippen LogP) is 1.96. The largest absolute Gasteiger partial charge is 0.354 e. The van der Waals surface area contributed by atoms with Crippen molar-refractivity contribution in [2.75, 3.05) is 20.0 Å². The summed E-state index contributed by atoms with van der Waals surface area (Å²) in [5, 5.41) is 0. The topological polar surface area (TPSA) is 18.5 Å². The summed E-state index contributed by atoms with van der Waals surface area (Å²) in [6.07, 6.45) is 1.04. The molecule has 2 nitrogen and oxygen atoms in total. The first-order valence-corrected chi connectivity index (χ1v) is 4.03. The van der Waals surface area contributed by atoms with Crippen molar-refractivity contribution in [3.63, 3.8) is 0 Å². The van der Waals surface area contributed by atoms with Crippen LogP contribution in [0.15, 0.2) is 12.2 Å². The van der Waals surface area contributed by atoms with E-state index in [1.54, 1.807) is 0 Å². The normalized spacial score (nSPS) is 23.1. The molecule has 1 saturated heterocycles. The Balaban J connectivity index is 2.64. The van der Waals surface area contributed by atoms with Crippen LogP contribution in [0.25, 0.3) is 0 Å². The zero-order valence-corrected chi connectivity index (χ0v) is 7.35. The molecule has 1 heterocycles. The summed E-state index contributed by atoms with van der Waals surface area (Å²) in [7, 11) is 0. The van der Waals surface area contributed by atoms with Crippen LogP contribution in [-0.4, -0.2) is 20.0 Å². The third kappa shape index (κ3) is 1.63. The molecule has 0 unspecified atom stereocenters. The summed E-state index contributed by atoms with van der Waals surface area (Å²) in [5.74, 6) is 0. The Kier molecular flexibility index (Phi) is 2.68. The molecule has 0 atom stereocenters. The first-order chi connectivity index (χ1) is 5.21. The van der Waals surface area contributed by atoms with E-state index in [0.717, 1.165) is 19.6 Å². The predicted molar refractivity (Wildman–Crippen MR) is 44.3 cm³/mol. The molecule has 64 valence electrons. The molecule has 0 amide bonds. The molecule has 1 aliphatic rings. The highest BCUT2D eigenvalue weighted by Crippen LogP contribution is 2.32. The molecule has 0 bridgehead atoms. The van der Waals surface area contributed by atoms with Crippen molar-refractivity contribution in [3.05, 3.63) is 12.2 Å². The van der Waals surface area contributed by atoms with Gasteiger partial charge in [-0.1, -0.05) is 19.1 Å². The first-order valence-electron chi connectivity index (χ1n) is 4.03. The Bertz CT molecular complexity index is 146. The molecule has 1 rings (SSSR count). The average Bonchev–Trinajstić information content (AvgIpc) is 2.05. The quantitative estimate of drug-likeness (QED) is 0.569. The van der Waals surface area contributed by atoms with Crippen molar-refractivity contribution in [2.45, 2.75) is 20.3 Å². The van der Waals surface area contributed by atoms with Gasteiger partial charge in [0.1, 0.15) is 6.79 Å². The lowest BCUT2D eigenvalue weighted by Crippen LogP contribution is -2.37. The van der Waals surface area contributed by atoms with Crippen LogP contribution in [0.4, 0.5) is 0 Å². The molecule has 0 aromatic heterocycles. The van der Waals surface area contributed by atoms with E-state index < -0.39 is 0 Å². The van der Waals surface area contributed by atoms with E-state index in [0.29, 0.717) is 6.79 Å². The van der Waals surface area contributed by atoms with Crippen LogP contribution in [0.5, 0.6) is 0 Å². The number of rotatable bonds is 2. The zero-order valence-electron chi connectivity index (χ0n) is 7.35. The first kappa shape index (κ1) is 8.75. The average molecular weight is 156 g/mol. The van der Waals surface area contributed by atoms with Gasteiger partial charge in [-0.15, -0.1) is 0 Å². The van der Waals surface area contributed by atoms with Crippen LogP contribution in [0, 0.1) is 5.41 Å². The van der Waals surface area contributed by atoms with Gasteiger partial charge in [0.05, 0.1) is 13.2 Å². The van der Waals surface area contributed by atoms with Gasteiger partial charge in [0.25, 0.3) is 0 Å². The van der Waals surface area contributed by atoms with E-state index in [4.69, 9.17) is 9.47 Å². The van der Waals surface area contributed by atoms with Gasteiger partial charge in [-0.2, -0.15) is 0 Å². The molecule has 0 saturated carbocycles. The summed E-state index contributed by atoms with van der Waals surface area (Å²) in [6, 6.07) is 0. The van der Waals surface area contributed by atoms with Gasteiger partial charge in [0.2, 0.25) is 0 Å². The Morgan fingerprint density at radius 3 is 2.27 bits per heavy atom. The molecular weight excluding hydrogens is 140 g/mol. The minimum atomic E-state index is 0.0816. The fraction of sp³-hybridized carbons (Fsp3) is 0.778. The SMILES string of the molecule is C=C(C)C1(CC)COCOC1. The van der Waals surface area contributed by atoms with Crippen LogP contribution in [0.2, 0.25) is 0 Å². The van der Waals surface area contributed by atoms with E-state index in [9.17, 15) is 0 Å². The standard InChI is InChI=1S/C9H16O2/c1-4-9(8(2)3)5-10-7-11-6-9/h2,4-7H2,1,3H3. The lowest BCUT2D eigenvalue weighted by atomic mass is 9.80. The smallest absolute Gasteiger partial charge is 0.146 e. The van der Waals surface area contributed by atoms with Gasteiger partial charge in [0, 0.05) is 5.41 Å². The molecule has 0 radical (unpaired) electrons. The molecule has 0 aromatic carbocycles. The fourth-order valence-corrected chi connectivity index (χ4v) is 1.33. The summed E-state index contributed by atoms with van der Waals surface area (Å²) < 4.78 is 10.5. The van der Waals surface area contributed by atoms with Gasteiger partial charge >= 0.3 is 0 Å². The third-order valence-electron chi connectivity index (χ3n) is 2.51. The maximum absolute atomic E-state index is 5.25. The van der Waals surface area contributed by atoms with Gasteiger partial charge in [-0.25, -0.2) is 0 Å². The molecule has 0 N–H and O–H groups in total. The maximum atomic E-state index is 5.25. The van der Waals surface area contributed by atoms with E-state index in [-0.39, 0.29) is 5.41 Å². The van der Waals surface area contributed by atoms with Crippen molar-refractivity contribution < 1.29 is 9.47 Å². The van der Waals surface area contributed by atoms with Crippen LogP contribution in [0.3, 0.4) is 0 Å². The molecule has 1 aliphatic heterocycles. The number of ether oxygens (including phenoxy) is 2. The summed E-state index contributed by atoms with van der Waals surface area (Å²) in [6.45, 7) is 10.1. The van der Waals surface area contributed by atoms with E-state index in [1.165, 1.54) is 5.57 Å². The second kappa shape index (κ2) is 3.37. The van der Waals surface area contributed by atoms with E-state index in [1.807, 2.05) is 6.92 Å². The summed E-state index contributed by atoms with van der Waals surface area (Å²) in [5.41, 5.74) is 1.25. The molecule has 1 fully saturated rings. The van der Waals surface area contributed by atoms with Crippen molar-refractivity contribution in [3.8, 4) is 0 Å². The maximum Gasteiger partial charge on any atom is 0.146 e. The highest BCUT2D eigenvalue weighted by Gasteiger charge is 2.32. The minimum Gasteiger partial charge on any atom is -0.354 e. The molecule has 0 aliphatic carbocycles. The molecule has 11 heavy (non-hydrogen) atoms. The lowest BCUT2D eigenvalue weighted by Gasteiger charge is -2.36. The fourth-order valence-electron chi connectivity index (χ4n) is 1.33. The Morgan fingerprint density at radius 1 is 1.45 bits per heavy atom. The molecule has 0 aromatic rings. The van der Waals surface area contributed by atoms with Crippen molar-refractivity contribution in [1.29, 1.82) is 0 Å². The Morgan fingerprint density at radius 2 is 2.00 bits per heavy atom. The summed E-state index contributed by atoms with van der Waals surface area (Å²) in [4.78, 5) is 0. The highest BCUT2D eigenvalue weighted by molar-refractivity contribution is 5.08.